The summed E-state index contributed by atoms with van der Waals surface area (Å²) in [4.78, 5) is 0. The molecule has 1 aromatic carbocycles. The standard InChI is InChI=1S/C15H19ClN2/c1-14(2)13(15(14,3)4)9-18-11-6-5-10(8-17)12(16)7-11/h5-7,13,18H,9H2,1-4H3. The minimum Gasteiger partial charge on any atom is -0.385 e. The van der Waals surface area contributed by atoms with Gasteiger partial charge in [0.25, 0.3) is 0 Å². The van der Waals surface area contributed by atoms with Gasteiger partial charge in [0.1, 0.15) is 6.07 Å². The molecule has 3 heteroatoms. The number of nitrogens with zero attached hydrogens (tertiary/aromatic N) is 1. The van der Waals surface area contributed by atoms with Gasteiger partial charge in [0, 0.05) is 12.2 Å². The van der Waals surface area contributed by atoms with E-state index in [4.69, 9.17) is 16.9 Å². The minimum atomic E-state index is 0.385. The summed E-state index contributed by atoms with van der Waals surface area (Å²) in [5, 5.41) is 12.7. The fourth-order valence-electron chi connectivity index (χ4n) is 2.78. The summed E-state index contributed by atoms with van der Waals surface area (Å²) in [5.41, 5.74) is 2.28. The molecule has 0 aromatic heterocycles. The molecule has 1 aliphatic carbocycles. The molecule has 0 saturated heterocycles. The van der Waals surface area contributed by atoms with Gasteiger partial charge < -0.3 is 5.32 Å². The molecule has 96 valence electrons. The molecule has 0 heterocycles. The van der Waals surface area contributed by atoms with E-state index in [0.29, 0.717) is 27.3 Å². The summed E-state index contributed by atoms with van der Waals surface area (Å²) in [7, 11) is 0. The van der Waals surface area contributed by atoms with Gasteiger partial charge in [0.2, 0.25) is 0 Å². The zero-order valence-electron chi connectivity index (χ0n) is 11.3. The average molecular weight is 263 g/mol. The summed E-state index contributed by atoms with van der Waals surface area (Å²) in [6.45, 7) is 10.2. The van der Waals surface area contributed by atoms with Crippen LogP contribution < -0.4 is 5.32 Å². The second-order valence-electron chi connectivity index (χ2n) is 6.18. The smallest absolute Gasteiger partial charge is 0.101 e. The van der Waals surface area contributed by atoms with Crippen LogP contribution in [0.3, 0.4) is 0 Å². The van der Waals surface area contributed by atoms with Crippen molar-refractivity contribution in [3.05, 3.63) is 28.8 Å². The van der Waals surface area contributed by atoms with Crippen molar-refractivity contribution in [2.45, 2.75) is 27.7 Å². The number of hydrogen-bond donors (Lipinski definition) is 1. The van der Waals surface area contributed by atoms with Crippen LogP contribution in [0.2, 0.25) is 5.02 Å². The first-order chi connectivity index (χ1) is 8.30. The average Bonchev–Trinajstić information content (AvgIpc) is 2.67. The Labute approximate surface area is 114 Å². The van der Waals surface area contributed by atoms with Crippen LogP contribution in [0.15, 0.2) is 18.2 Å². The van der Waals surface area contributed by atoms with E-state index in [-0.39, 0.29) is 0 Å². The topological polar surface area (TPSA) is 35.8 Å². The lowest BCUT2D eigenvalue weighted by atomic mass is 10.0. The molecule has 0 aliphatic heterocycles. The van der Waals surface area contributed by atoms with Crippen molar-refractivity contribution in [2.75, 3.05) is 11.9 Å². The van der Waals surface area contributed by atoms with Crippen LogP contribution in [0, 0.1) is 28.1 Å². The van der Waals surface area contributed by atoms with Crippen LogP contribution in [0.25, 0.3) is 0 Å². The number of halogens is 1. The largest absolute Gasteiger partial charge is 0.385 e. The predicted molar refractivity (Wildman–Crippen MR) is 75.7 cm³/mol. The van der Waals surface area contributed by atoms with Crippen molar-refractivity contribution < 1.29 is 0 Å². The summed E-state index contributed by atoms with van der Waals surface area (Å²) in [6, 6.07) is 7.56. The van der Waals surface area contributed by atoms with Crippen molar-refractivity contribution in [3.63, 3.8) is 0 Å². The van der Waals surface area contributed by atoms with E-state index in [9.17, 15) is 0 Å². The summed E-state index contributed by atoms with van der Waals surface area (Å²) < 4.78 is 0. The van der Waals surface area contributed by atoms with Crippen LogP contribution in [0.5, 0.6) is 0 Å². The van der Waals surface area contributed by atoms with Gasteiger partial charge in [-0.2, -0.15) is 5.26 Å². The summed E-state index contributed by atoms with van der Waals surface area (Å²) in [6.07, 6.45) is 0. The molecule has 0 spiro atoms. The first-order valence-electron chi connectivity index (χ1n) is 6.24. The van der Waals surface area contributed by atoms with Crippen LogP contribution >= 0.6 is 11.6 Å². The fourth-order valence-corrected chi connectivity index (χ4v) is 3.00. The maximum absolute atomic E-state index is 8.82. The fraction of sp³-hybridized carbons (Fsp3) is 0.533. The zero-order valence-corrected chi connectivity index (χ0v) is 12.1. The highest BCUT2D eigenvalue weighted by molar-refractivity contribution is 6.32. The second kappa shape index (κ2) is 4.17. The molecule has 0 radical (unpaired) electrons. The van der Waals surface area contributed by atoms with Gasteiger partial charge in [-0.15, -0.1) is 0 Å². The Hall–Kier alpha value is -1.20. The maximum atomic E-state index is 8.82. The van der Waals surface area contributed by atoms with Gasteiger partial charge in [-0.25, -0.2) is 0 Å². The first kappa shape index (κ1) is 13.2. The van der Waals surface area contributed by atoms with Crippen molar-refractivity contribution in [2.24, 2.45) is 16.7 Å². The van der Waals surface area contributed by atoms with Gasteiger partial charge in [0.15, 0.2) is 0 Å². The second-order valence-corrected chi connectivity index (χ2v) is 6.59. The van der Waals surface area contributed by atoms with Gasteiger partial charge in [0.05, 0.1) is 10.6 Å². The highest BCUT2D eigenvalue weighted by atomic mass is 35.5. The molecular weight excluding hydrogens is 244 g/mol. The molecule has 1 aromatic rings. The third-order valence-electron chi connectivity index (χ3n) is 4.92. The molecule has 0 unspecified atom stereocenters. The Kier molecular flexibility index (Phi) is 3.07. The predicted octanol–water partition coefficient (Wildman–Crippen LogP) is 4.31. The van der Waals surface area contributed by atoms with E-state index in [1.54, 1.807) is 6.07 Å². The molecule has 0 bridgehead atoms. The third kappa shape index (κ3) is 1.97. The highest BCUT2D eigenvalue weighted by Gasteiger charge is 2.63. The van der Waals surface area contributed by atoms with E-state index >= 15 is 0 Å². The highest BCUT2D eigenvalue weighted by Crippen LogP contribution is 2.68. The molecule has 2 rings (SSSR count). The molecule has 1 fully saturated rings. The van der Waals surface area contributed by atoms with Crippen LogP contribution in [-0.2, 0) is 0 Å². The number of benzene rings is 1. The first-order valence-corrected chi connectivity index (χ1v) is 6.62. The van der Waals surface area contributed by atoms with Crippen LogP contribution in [0.1, 0.15) is 33.3 Å². The van der Waals surface area contributed by atoms with Crippen molar-refractivity contribution in [1.82, 2.24) is 0 Å². The SMILES string of the molecule is CC1(C)C(CNc2ccc(C#N)c(Cl)c2)C1(C)C. The summed E-state index contributed by atoms with van der Waals surface area (Å²) >= 11 is 6.01. The zero-order chi connectivity index (χ0) is 13.6. The molecule has 1 aliphatic rings. The van der Waals surface area contributed by atoms with Crippen molar-refractivity contribution in [1.29, 1.82) is 5.26 Å². The number of nitriles is 1. The van der Waals surface area contributed by atoms with Crippen molar-refractivity contribution >= 4 is 17.3 Å². The lowest BCUT2D eigenvalue weighted by Crippen LogP contribution is -2.08. The van der Waals surface area contributed by atoms with Crippen molar-refractivity contribution in [3.8, 4) is 6.07 Å². The Morgan fingerprint density at radius 1 is 1.28 bits per heavy atom. The Balaban J connectivity index is 2.01. The van der Waals surface area contributed by atoms with Crippen LogP contribution in [-0.4, -0.2) is 6.54 Å². The molecule has 18 heavy (non-hydrogen) atoms. The Morgan fingerprint density at radius 3 is 2.33 bits per heavy atom. The van der Waals surface area contributed by atoms with Gasteiger partial charge in [-0.05, 0) is 34.9 Å². The molecular formula is C15H19ClN2. The molecule has 2 nitrogen and oxygen atoms in total. The van der Waals surface area contributed by atoms with Gasteiger partial charge in [-0.3, -0.25) is 0 Å². The maximum Gasteiger partial charge on any atom is 0.101 e. The Bertz CT molecular complexity index is 498. The normalized spacial score (nSPS) is 20.2. The van der Waals surface area contributed by atoms with Gasteiger partial charge >= 0.3 is 0 Å². The Morgan fingerprint density at radius 2 is 1.89 bits per heavy atom. The van der Waals surface area contributed by atoms with E-state index in [0.717, 1.165) is 12.2 Å². The minimum absolute atomic E-state index is 0.385. The number of nitrogens with one attached hydrogen (secondary N) is 1. The lowest BCUT2D eigenvalue weighted by molar-refractivity contribution is 0.457. The van der Waals surface area contributed by atoms with E-state index in [2.05, 4.69) is 39.1 Å². The monoisotopic (exact) mass is 262 g/mol. The summed E-state index contributed by atoms with van der Waals surface area (Å²) in [5.74, 6) is 0.666. The molecule has 1 saturated carbocycles. The van der Waals surface area contributed by atoms with E-state index in [1.165, 1.54) is 0 Å². The third-order valence-corrected chi connectivity index (χ3v) is 5.23. The van der Waals surface area contributed by atoms with E-state index in [1.807, 2.05) is 12.1 Å². The quantitative estimate of drug-likeness (QED) is 0.881. The lowest BCUT2D eigenvalue weighted by Gasteiger charge is -2.08. The van der Waals surface area contributed by atoms with E-state index < -0.39 is 0 Å². The molecule has 0 amide bonds. The van der Waals surface area contributed by atoms with Gasteiger partial charge in [-0.1, -0.05) is 39.3 Å². The molecule has 0 atom stereocenters. The number of anilines is 1. The van der Waals surface area contributed by atoms with Crippen LogP contribution in [0.4, 0.5) is 5.69 Å². The molecule has 1 N–H and O–H groups in total. The number of hydrogen-bond acceptors (Lipinski definition) is 2. The number of rotatable bonds is 3.